The first kappa shape index (κ1) is 17.5. The summed E-state index contributed by atoms with van der Waals surface area (Å²) in [7, 11) is 0. The van der Waals surface area contributed by atoms with Crippen molar-refractivity contribution in [3.05, 3.63) is 59.1 Å². The van der Waals surface area contributed by atoms with Gasteiger partial charge in [-0.25, -0.2) is 0 Å². The Morgan fingerprint density at radius 1 is 1.33 bits per heavy atom. The fraction of sp³-hybridized carbons (Fsp3) is 0.250. The summed E-state index contributed by atoms with van der Waals surface area (Å²) < 4.78 is 10.6. The number of esters is 1. The standard InChI is InChI=1S/C20H18N2O4S/c1-13-4-6-16(7-5-13)22-11-14(9-19(22)23)20(24)25-12-15-10-17(26-21-15)18-3-2-8-27-18/h2-8,10,14H,9,11-12H2,1H3/t14-/m0/s1. The Hall–Kier alpha value is -2.93. The second kappa shape index (κ2) is 7.36. The smallest absolute Gasteiger partial charge is 0.311 e. The van der Waals surface area contributed by atoms with Crippen molar-refractivity contribution in [2.45, 2.75) is 20.0 Å². The second-order valence-corrected chi connectivity index (χ2v) is 7.46. The van der Waals surface area contributed by atoms with E-state index >= 15 is 0 Å². The summed E-state index contributed by atoms with van der Waals surface area (Å²) in [5.74, 6) is -0.277. The molecule has 0 spiro atoms. The molecule has 1 atom stereocenters. The maximum Gasteiger partial charge on any atom is 0.311 e. The van der Waals surface area contributed by atoms with Gasteiger partial charge in [-0.1, -0.05) is 28.9 Å². The largest absolute Gasteiger partial charge is 0.459 e. The van der Waals surface area contributed by atoms with Gasteiger partial charge >= 0.3 is 5.97 Å². The lowest BCUT2D eigenvalue weighted by molar-refractivity contribution is -0.149. The van der Waals surface area contributed by atoms with Crippen molar-refractivity contribution in [3.8, 4) is 10.6 Å². The van der Waals surface area contributed by atoms with Crippen molar-refractivity contribution >= 4 is 28.9 Å². The van der Waals surface area contributed by atoms with Gasteiger partial charge in [0.05, 0.1) is 10.8 Å². The fourth-order valence-corrected chi connectivity index (χ4v) is 3.69. The highest BCUT2D eigenvalue weighted by Gasteiger charge is 2.36. The normalized spacial score (nSPS) is 16.7. The van der Waals surface area contributed by atoms with Crippen LogP contribution >= 0.6 is 11.3 Å². The first-order valence-electron chi connectivity index (χ1n) is 8.63. The molecule has 1 fully saturated rings. The second-order valence-electron chi connectivity index (χ2n) is 6.51. The third kappa shape index (κ3) is 3.78. The molecule has 3 aromatic rings. The van der Waals surface area contributed by atoms with Crippen molar-refractivity contribution < 1.29 is 18.8 Å². The molecule has 1 aliphatic rings. The number of benzene rings is 1. The van der Waals surface area contributed by atoms with Crippen LogP contribution in [0.5, 0.6) is 0 Å². The molecule has 0 N–H and O–H groups in total. The van der Waals surface area contributed by atoms with Crippen LogP contribution in [0.15, 0.2) is 52.4 Å². The third-order valence-electron chi connectivity index (χ3n) is 4.49. The summed E-state index contributed by atoms with van der Waals surface area (Å²) in [6.45, 7) is 2.35. The molecule has 3 heterocycles. The summed E-state index contributed by atoms with van der Waals surface area (Å²) >= 11 is 1.55. The van der Waals surface area contributed by atoms with E-state index in [0.717, 1.165) is 16.1 Å². The molecule has 1 aromatic carbocycles. The predicted octanol–water partition coefficient (Wildman–Crippen LogP) is 3.81. The zero-order chi connectivity index (χ0) is 18.8. The summed E-state index contributed by atoms with van der Waals surface area (Å²) in [4.78, 5) is 27.3. The van der Waals surface area contributed by atoms with Crippen LogP contribution in [0.3, 0.4) is 0 Å². The van der Waals surface area contributed by atoms with Gasteiger partial charge in [0, 0.05) is 24.7 Å². The molecule has 0 unspecified atom stereocenters. The lowest BCUT2D eigenvalue weighted by Gasteiger charge is -2.16. The van der Waals surface area contributed by atoms with Crippen LogP contribution in [-0.4, -0.2) is 23.6 Å². The van der Waals surface area contributed by atoms with E-state index in [9.17, 15) is 9.59 Å². The highest BCUT2D eigenvalue weighted by Crippen LogP contribution is 2.27. The Morgan fingerprint density at radius 3 is 2.89 bits per heavy atom. The Morgan fingerprint density at radius 2 is 2.15 bits per heavy atom. The molecule has 1 aliphatic heterocycles. The fourth-order valence-electron chi connectivity index (χ4n) is 3.02. The number of aryl methyl sites for hydroxylation is 1. The van der Waals surface area contributed by atoms with Crippen molar-refractivity contribution in [1.29, 1.82) is 0 Å². The van der Waals surface area contributed by atoms with Crippen LogP contribution in [0.2, 0.25) is 0 Å². The molecule has 6 nitrogen and oxygen atoms in total. The highest BCUT2D eigenvalue weighted by atomic mass is 32.1. The highest BCUT2D eigenvalue weighted by molar-refractivity contribution is 7.13. The van der Waals surface area contributed by atoms with Crippen LogP contribution in [0.1, 0.15) is 17.7 Å². The summed E-state index contributed by atoms with van der Waals surface area (Å²) in [5, 5.41) is 5.89. The number of carbonyl (C=O) groups excluding carboxylic acids is 2. The number of anilines is 1. The van der Waals surface area contributed by atoms with Crippen molar-refractivity contribution in [2.24, 2.45) is 5.92 Å². The van der Waals surface area contributed by atoms with Gasteiger partial charge in [0.15, 0.2) is 5.76 Å². The Kier molecular flexibility index (Phi) is 4.77. The Bertz CT molecular complexity index is 947. The topological polar surface area (TPSA) is 72.6 Å². The van der Waals surface area contributed by atoms with Crippen LogP contribution in [0, 0.1) is 12.8 Å². The third-order valence-corrected chi connectivity index (χ3v) is 5.37. The van der Waals surface area contributed by atoms with Gasteiger partial charge in [0.25, 0.3) is 0 Å². The number of amides is 1. The van der Waals surface area contributed by atoms with Crippen LogP contribution < -0.4 is 4.90 Å². The maximum atomic E-state index is 12.4. The van der Waals surface area contributed by atoms with Crippen LogP contribution in [0.25, 0.3) is 10.6 Å². The molecule has 1 amide bonds. The average Bonchev–Trinajstić information content (AvgIpc) is 3.41. The molecule has 0 aliphatic carbocycles. The SMILES string of the molecule is Cc1ccc(N2C[C@@H](C(=O)OCc3cc(-c4cccs4)on3)CC2=O)cc1. The number of aromatic nitrogens is 1. The summed E-state index contributed by atoms with van der Waals surface area (Å²) in [5.41, 5.74) is 2.47. The number of ether oxygens (including phenoxy) is 1. The molecule has 1 saturated heterocycles. The molecule has 0 radical (unpaired) electrons. The number of nitrogens with zero attached hydrogens (tertiary/aromatic N) is 2. The van der Waals surface area contributed by atoms with E-state index in [1.165, 1.54) is 0 Å². The lowest BCUT2D eigenvalue weighted by Crippen LogP contribution is -2.26. The Balaban J connectivity index is 1.35. The van der Waals surface area contributed by atoms with E-state index < -0.39 is 11.9 Å². The number of thiophene rings is 1. The van der Waals surface area contributed by atoms with Gasteiger partial charge < -0.3 is 14.2 Å². The zero-order valence-electron chi connectivity index (χ0n) is 14.8. The van der Waals surface area contributed by atoms with E-state index in [0.29, 0.717) is 18.0 Å². The number of carbonyl (C=O) groups is 2. The van der Waals surface area contributed by atoms with E-state index in [-0.39, 0.29) is 18.9 Å². The quantitative estimate of drug-likeness (QED) is 0.628. The molecule has 2 aromatic heterocycles. The minimum Gasteiger partial charge on any atom is -0.459 e. The summed E-state index contributed by atoms with van der Waals surface area (Å²) in [6.07, 6.45) is 0.159. The van der Waals surface area contributed by atoms with Gasteiger partial charge in [0.1, 0.15) is 12.3 Å². The van der Waals surface area contributed by atoms with Gasteiger partial charge in [-0.15, -0.1) is 11.3 Å². The lowest BCUT2D eigenvalue weighted by atomic mass is 10.1. The van der Waals surface area contributed by atoms with Gasteiger partial charge in [-0.05, 0) is 30.5 Å². The van der Waals surface area contributed by atoms with E-state index in [1.807, 2.05) is 48.7 Å². The van der Waals surface area contributed by atoms with Crippen molar-refractivity contribution in [1.82, 2.24) is 5.16 Å². The predicted molar refractivity (Wildman–Crippen MR) is 101 cm³/mol. The molecule has 0 bridgehead atoms. The zero-order valence-corrected chi connectivity index (χ0v) is 15.6. The molecule has 138 valence electrons. The molecular weight excluding hydrogens is 364 g/mol. The molecular formula is C20H18N2O4S. The van der Waals surface area contributed by atoms with E-state index in [2.05, 4.69) is 5.16 Å². The van der Waals surface area contributed by atoms with Crippen LogP contribution in [-0.2, 0) is 20.9 Å². The van der Waals surface area contributed by atoms with E-state index in [4.69, 9.17) is 9.26 Å². The first-order valence-corrected chi connectivity index (χ1v) is 9.51. The average molecular weight is 382 g/mol. The maximum absolute atomic E-state index is 12.4. The minimum atomic E-state index is -0.470. The van der Waals surface area contributed by atoms with Crippen molar-refractivity contribution in [3.63, 3.8) is 0 Å². The number of hydrogen-bond donors (Lipinski definition) is 0. The van der Waals surface area contributed by atoms with Gasteiger partial charge in [-0.3, -0.25) is 9.59 Å². The first-order chi connectivity index (χ1) is 13.1. The molecule has 0 saturated carbocycles. The van der Waals surface area contributed by atoms with Crippen LogP contribution in [0.4, 0.5) is 5.69 Å². The van der Waals surface area contributed by atoms with Gasteiger partial charge in [0.2, 0.25) is 5.91 Å². The summed E-state index contributed by atoms with van der Waals surface area (Å²) in [6, 6.07) is 13.3. The monoisotopic (exact) mass is 382 g/mol. The number of hydrogen-bond acceptors (Lipinski definition) is 6. The molecule has 7 heteroatoms. The number of rotatable bonds is 5. The Labute approximate surface area is 160 Å². The minimum absolute atomic E-state index is 0.0307. The molecule has 27 heavy (non-hydrogen) atoms. The van der Waals surface area contributed by atoms with E-state index in [1.54, 1.807) is 22.3 Å². The van der Waals surface area contributed by atoms with Gasteiger partial charge in [-0.2, -0.15) is 0 Å². The van der Waals surface area contributed by atoms with Crippen molar-refractivity contribution in [2.75, 3.05) is 11.4 Å². The molecule has 4 rings (SSSR count).